The van der Waals surface area contributed by atoms with Gasteiger partial charge in [0, 0.05) is 0 Å². The smallest absolute Gasteiger partial charge is 0.141 e. The summed E-state index contributed by atoms with van der Waals surface area (Å²) in [5.41, 5.74) is 5.76. The van der Waals surface area contributed by atoms with Crippen LogP contribution in [0.15, 0.2) is 18.3 Å². The molecular weight excluding hydrogens is 190 g/mol. The SMILES string of the molecule is CC(C)CCOc1ccc(C(=N)N)nc1. The predicted molar refractivity (Wildman–Crippen MR) is 60.2 cm³/mol. The number of pyridine rings is 1. The molecule has 1 aromatic heterocycles. The lowest BCUT2D eigenvalue weighted by atomic mass is 10.1. The zero-order valence-corrected chi connectivity index (χ0v) is 9.16. The summed E-state index contributed by atoms with van der Waals surface area (Å²) in [7, 11) is 0. The van der Waals surface area contributed by atoms with Gasteiger partial charge in [0.05, 0.1) is 12.8 Å². The van der Waals surface area contributed by atoms with Gasteiger partial charge in [0.25, 0.3) is 0 Å². The number of rotatable bonds is 5. The lowest BCUT2D eigenvalue weighted by molar-refractivity contribution is 0.288. The van der Waals surface area contributed by atoms with Gasteiger partial charge in [0.1, 0.15) is 17.3 Å². The molecule has 0 aliphatic carbocycles. The van der Waals surface area contributed by atoms with Gasteiger partial charge in [-0.3, -0.25) is 5.41 Å². The van der Waals surface area contributed by atoms with Gasteiger partial charge in [-0.25, -0.2) is 4.98 Å². The Hall–Kier alpha value is -1.58. The van der Waals surface area contributed by atoms with Crippen LogP contribution in [0.5, 0.6) is 5.75 Å². The molecule has 0 aliphatic rings. The molecule has 15 heavy (non-hydrogen) atoms. The number of nitrogens with one attached hydrogen (secondary N) is 1. The molecule has 0 saturated heterocycles. The van der Waals surface area contributed by atoms with Crippen LogP contribution in [0.2, 0.25) is 0 Å². The van der Waals surface area contributed by atoms with Crippen LogP contribution in [0.4, 0.5) is 0 Å². The number of nitrogen functional groups attached to an aromatic ring is 1. The quantitative estimate of drug-likeness (QED) is 0.571. The number of nitrogens with two attached hydrogens (primary N) is 1. The number of nitrogens with zero attached hydrogens (tertiary/aromatic N) is 1. The Labute approximate surface area is 90.0 Å². The second-order valence-electron chi connectivity index (χ2n) is 3.82. The van der Waals surface area contributed by atoms with Crippen molar-refractivity contribution in [3.8, 4) is 5.75 Å². The van der Waals surface area contributed by atoms with Gasteiger partial charge in [-0.2, -0.15) is 0 Å². The van der Waals surface area contributed by atoms with Crippen LogP contribution in [0.3, 0.4) is 0 Å². The minimum absolute atomic E-state index is 0.0243. The lowest BCUT2D eigenvalue weighted by Crippen LogP contribution is -2.12. The molecule has 3 N–H and O–H groups in total. The summed E-state index contributed by atoms with van der Waals surface area (Å²) in [4.78, 5) is 4.00. The van der Waals surface area contributed by atoms with Crippen molar-refractivity contribution in [2.45, 2.75) is 20.3 Å². The van der Waals surface area contributed by atoms with Crippen LogP contribution < -0.4 is 10.5 Å². The summed E-state index contributed by atoms with van der Waals surface area (Å²) in [5.74, 6) is 1.33. The van der Waals surface area contributed by atoms with Crippen LogP contribution >= 0.6 is 0 Å². The predicted octanol–water partition coefficient (Wildman–Crippen LogP) is 1.79. The minimum atomic E-state index is -0.0243. The zero-order chi connectivity index (χ0) is 11.3. The summed E-state index contributed by atoms with van der Waals surface area (Å²) < 4.78 is 5.48. The monoisotopic (exact) mass is 207 g/mol. The lowest BCUT2D eigenvalue weighted by Gasteiger charge is -2.07. The van der Waals surface area contributed by atoms with Gasteiger partial charge in [-0.1, -0.05) is 13.8 Å². The van der Waals surface area contributed by atoms with E-state index in [2.05, 4.69) is 18.8 Å². The normalized spacial score (nSPS) is 10.3. The van der Waals surface area contributed by atoms with Crippen LogP contribution in [0, 0.1) is 11.3 Å². The molecule has 0 unspecified atom stereocenters. The maximum absolute atomic E-state index is 7.17. The molecule has 0 amide bonds. The third-order valence-electron chi connectivity index (χ3n) is 1.98. The first-order chi connectivity index (χ1) is 7.09. The zero-order valence-electron chi connectivity index (χ0n) is 9.16. The van der Waals surface area contributed by atoms with Crippen LogP contribution in [-0.2, 0) is 0 Å². The van der Waals surface area contributed by atoms with Crippen molar-refractivity contribution in [3.63, 3.8) is 0 Å². The Balaban J connectivity index is 2.46. The largest absolute Gasteiger partial charge is 0.492 e. The Morgan fingerprint density at radius 2 is 2.27 bits per heavy atom. The van der Waals surface area contributed by atoms with Gasteiger partial charge in [0.15, 0.2) is 0 Å². The van der Waals surface area contributed by atoms with E-state index in [1.54, 1.807) is 18.3 Å². The van der Waals surface area contributed by atoms with E-state index in [4.69, 9.17) is 15.9 Å². The third-order valence-corrected chi connectivity index (χ3v) is 1.98. The number of hydrogen-bond acceptors (Lipinski definition) is 3. The summed E-state index contributed by atoms with van der Waals surface area (Å²) in [6, 6.07) is 3.47. The Kier molecular flexibility index (Phi) is 4.09. The molecule has 0 fully saturated rings. The van der Waals surface area contributed by atoms with E-state index in [-0.39, 0.29) is 5.84 Å². The summed E-state index contributed by atoms with van der Waals surface area (Å²) in [6.07, 6.45) is 2.62. The molecule has 4 nitrogen and oxygen atoms in total. The maximum Gasteiger partial charge on any atom is 0.141 e. The van der Waals surface area contributed by atoms with Crippen molar-refractivity contribution in [2.24, 2.45) is 11.7 Å². The highest BCUT2D eigenvalue weighted by molar-refractivity contribution is 5.92. The van der Waals surface area contributed by atoms with E-state index < -0.39 is 0 Å². The van der Waals surface area contributed by atoms with Gasteiger partial charge < -0.3 is 10.5 Å². The molecule has 1 heterocycles. The van der Waals surface area contributed by atoms with E-state index in [0.29, 0.717) is 18.2 Å². The van der Waals surface area contributed by atoms with Crippen molar-refractivity contribution in [3.05, 3.63) is 24.0 Å². The molecule has 0 atom stereocenters. The number of amidine groups is 1. The number of aromatic nitrogens is 1. The fraction of sp³-hybridized carbons (Fsp3) is 0.455. The molecule has 0 radical (unpaired) electrons. The van der Waals surface area contributed by atoms with Crippen molar-refractivity contribution < 1.29 is 4.74 Å². The molecule has 4 heteroatoms. The average Bonchev–Trinajstić information content (AvgIpc) is 2.18. The number of ether oxygens (including phenoxy) is 1. The molecular formula is C11H17N3O. The van der Waals surface area contributed by atoms with Gasteiger partial charge in [-0.15, -0.1) is 0 Å². The highest BCUT2D eigenvalue weighted by Crippen LogP contribution is 2.10. The van der Waals surface area contributed by atoms with E-state index in [9.17, 15) is 0 Å². The summed E-state index contributed by atoms with van der Waals surface area (Å²) >= 11 is 0. The maximum atomic E-state index is 7.17. The van der Waals surface area contributed by atoms with E-state index >= 15 is 0 Å². The highest BCUT2D eigenvalue weighted by atomic mass is 16.5. The molecule has 1 aromatic rings. The van der Waals surface area contributed by atoms with Gasteiger partial charge in [-0.05, 0) is 24.5 Å². The Morgan fingerprint density at radius 3 is 2.73 bits per heavy atom. The van der Waals surface area contributed by atoms with Gasteiger partial charge >= 0.3 is 0 Å². The molecule has 0 saturated carbocycles. The van der Waals surface area contributed by atoms with Crippen molar-refractivity contribution >= 4 is 5.84 Å². The second-order valence-corrected chi connectivity index (χ2v) is 3.82. The highest BCUT2D eigenvalue weighted by Gasteiger charge is 1.99. The number of hydrogen-bond donors (Lipinski definition) is 2. The molecule has 0 aromatic carbocycles. The van der Waals surface area contributed by atoms with E-state index in [1.165, 1.54) is 0 Å². The molecule has 0 aliphatic heterocycles. The summed E-state index contributed by atoms with van der Waals surface area (Å²) in [6.45, 7) is 5.00. The van der Waals surface area contributed by atoms with Crippen molar-refractivity contribution in [2.75, 3.05) is 6.61 Å². The van der Waals surface area contributed by atoms with E-state index in [1.807, 2.05) is 0 Å². The Bertz CT molecular complexity index is 319. The topological polar surface area (TPSA) is 72.0 Å². The summed E-state index contributed by atoms with van der Waals surface area (Å²) in [5, 5.41) is 7.17. The first kappa shape index (κ1) is 11.5. The van der Waals surface area contributed by atoms with Crippen LogP contribution in [-0.4, -0.2) is 17.4 Å². The van der Waals surface area contributed by atoms with Crippen molar-refractivity contribution in [1.82, 2.24) is 4.98 Å². The standard InChI is InChI=1S/C11H17N3O/c1-8(2)5-6-15-9-3-4-10(11(12)13)14-7-9/h3-4,7-8H,5-6H2,1-2H3,(H3,12,13). The molecule has 0 bridgehead atoms. The molecule has 82 valence electrons. The molecule has 1 rings (SSSR count). The van der Waals surface area contributed by atoms with Crippen LogP contribution in [0.25, 0.3) is 0 Å². The van der Waals surface area contributed by atoms with E-state index in [0.717, 1.165) is 12.2 Å². The second kappa shape index (κ2) is 5.34. The fourth-order valence-electron chi connectivity index (χ4n) is 1.04. The minimum Gasteiger partial charge on any atom is -0.492 e. The van der Waals surface area contributed by atoms with Crippen molar-refractivity contribution in [1.29, 1.82) is 5.41 Å². The van der Waals surface area contributed by atoms with Gasteiger partial charge in [0.2, 0.25) is 0 Å². The average molecular weight is 207 g/mol. The molecule has 0 spiro atoms. The van der Waals surface area contributed by atoms with Crippen LogP contribution in [0.1, 0.15) is 26.0 Å². The fourth-order valence-corrected chi connectivity index (χ4v) is 1.04. The Morgan fingerprint density at radius 1 is 1.53 bits per heavy atom. The first-order valence-corrected chi connectivity index (χ1v) is 5.03. The first-order valence-electron chi connectivity index (χ1n) is 5.03. The third kappa shape index (κ3) is 3.97.